The SMILES string of the molecule is CCOC1(CC)CCCN1C. The second-order valence-corrected chi connectivity index (χ2v) is 3.26. The summed E-state index contributed by atoms with van der Waals surface area (Å²) in [5.41, 5.74) is 0.0781. The van der Waals surface area contributed by atoms with Crippen molar-refractivity contribution < 1.29 is 4.74 Å². The molecule has 0 N–H and O–H groups in total. The molecule has 0 aromatic rings. The molecule has 66 valence electrons. The van der Waals surface area contributed by atoms with Gasteiger partial charge in [0.1, 0.15) is 5.72 Å². The van der Waals surface area contributed by atoms with Crippen molar-refractivity contribution in [3.05, 3.63) is 0 Å². The topological polar surface area (TPSA) is 12.5 Å². The summed E-state index contributed by atoms with van der Waals surface area (Å²) in [5.74, 6) is 0. The van der Waals surface area contributed by atoms with Crippen molar-refractivity contribution in [1.82, 2.24) is 4.90 Å². The molecule has 1 fully saturated rings. The summed E-state index contributed by atoms with van der Waals surface area (Å²) < 4.78 is 5.78. The van der Waals surface area contributed by atoms with Gasteiger partial charge >= 0.3 is 0 Å². The number of nitrogens with zero attached hydrogens (tertiary/aromatic N) is 1. The van der Waals surface area contributed by atoms with Gasteiger partial charge in [0.05, 0.1) is 0 Å². The van der Waals surface area contributed by atoms with Crippen molar-refractivity contribution in [3.8, 4) is 0 Å². The highest BCUT2D eigenvalue weighted by atomic mass is 16.5. The Bertz CT molecular complexity index is 127. The molecule has 0 saturated carbocycles. The van der Waals surface area contributed by atoms with Crippen LogP contribution in [-0.2, 0) is 4.74 Å². The van der Waals surface area contributed by atoms with E-state index in [4.69, 9.17) is 4.74 Å². The molecule has 1 aliphatic rings. The maximum absolute atomic E-state index is 5.78. The molecular formula is C9H19NO. The minimum atomic E-state index is 0.0781. The Balaban J connectivity index is 2.57. The zero-order valence-electron chi connectivity index (χ0n) is 7.89. The van der Waals surface area contributed by atoms with E-state index in [9.17, 15) is 0 Å². The highest BCUT2D eigenvalue weighted by Crippen LogP contribution is 2.31. The third-order valence-corrected chi connectivity index (χ3v) is 2.72. The lowest BCUT2D eigenvalue weighted by atomic mass is 10.1. The van der Waals surface area contributed by atoms with Crippen LogP contribution in [0.1, 0.15) is 33.1 Å². The molecule has 0 bridgehead atoms. The molecule has 1 unspecified atom stereocenters. The van der Waals surface area contributed by atoms with Gasteiger partial charge in [-0.25, -0.2) is 0 Å². The predicted octanol–water partition coefficient (Wildman–Crippen LogP) is 1.85. The second-order valence-electron chi connectivity index (χ2n) is 3.26. The summed E-state index contributed by atoms with van der Waals surface area (Å²) in [6.45, 7) is 6.30. The Kier molecular flexibility index (Phi) is 2.90. The van der Waals surface area contributed by atoms with Crippen molar-refractivity contribution in [2.24, 2.45) is 0 Å². The normalized spacial score (nSPS) is 33.0. The molecule has 2 nitrogen and oxygen atoms in total. The molecule has 1 saturated heterocycles. The van der Waals surface area contributed by atoms with E-state index < -0.39 is 0 Å². The molecule has 1 atom stereocenters. The molecule has 1 rings (SSSR count). The van der Waals surface area contributed by atoms with E-state index in [2.05, 4.69) is 25.8 Å². The molecule has 0 aliphatic carbocycles. The Morgan fingerprint density at radius 2 is 2.18 bits per heavy atom. The van der Waals surface area contributed by atoms with Crippen LogP contribution >= 0.6 is 0 Å². The van der Waals surface area contributed by atoms with Gasteiger partial charge in [0.15, 0.2) is 0 Å². The third kappa shape index (κ3) is 1.57. The van der Waals surface area contributed by atoms with Crippen LogP contribution in [0.2, 0.25) is 0 Å². The number of hydrogen-bond acceptors (Lipinski definition) is 2. The first-order chi connectivity index (χ1) is 5.25. The monoisotopic (exact) mass is 157 g/mol. The third-order valence-electron chi connectivity index (χ3n) is 2.72. The van der Waals surface area contributed by atoms with Gasteiger partial charge in [-0.15, -0.1) is 0 Å². The molecule has 0 spiro atoms. The van der Waals surface area contributed by atoms with Gasteiger partial charge < -0.3 is 4.74 Å². The van der Waals surface area contributed by atoms with Gasteiger partial charge in [-0.05, 0) is 33.2 Å². The van der Waals surface area contributed by atoms with Crippen LogP contribution < -0.4 is 0 Å². The maximum Gasteiger partial charge on any atom is 0.121 e. The molecular weight excluding hydrogens is 138 g/mol. The van der Waals surface area contributed by atoms with Crippen molar-refractivity contribution >= 4 is 0 Å². The Labute approximate surface area is 69.5 Å². The average Bonchev–Trinajstić information content (AvgIpc) is 2.35. The lowest BCUT2D eigenvalue weighted by Crippen LogP contribution is -2.43. The van der Waals surface area contributed by atoms with E-state index in [0.717, 1.165) is 13.0 Å². The fourth-order valence-corrected chi connectivity index (χ4v) is 1.99. The fraction of sp³-hybridized carbons (Fsp3) is 1.00. The average molecular weight is 157 g/mol. The summed E-state index contributed by atoms with van der Waals surface area (Å²) in [6, 6.07) is 0. The summed E-state index contributed by atoms with van der Waals surface area (Å²) >= 11 is 0. The Hall–Kier alpha value is -0.0800. The van der Waals surface area contributed by atoms with Crippen LogP contribution in [0.3, 0.4) is 0 Å². The second kappa shape index (κ2) is 3.55. The predicted molar refractivity (Wildman–Crippen MR) is 46.5 cm³/mol. The molecule has 0 aromatic carbocycles. The standard InChI is InChI=1S/C9H19NO/c1-4-9(11-5-2)7-6-8-10(9)3/h4-8H2,1-3H3. The van der Waals surface area contributed by atoms with Crippen LogP contribution in [0.4, 0.5) is 0 Å². The summed E-state index contributed by atoms with van der Waals surface area (Å²) in [6.07, 6.45) is 3.59. The number of likely N-dealkylation sites (tertiary alicyclic amines) is 1. The molecule has 1 heterocycles. The molecule has 0 aromatic heterocycles. The van der Waals surface area contributed by atoms with Gasteiger partial charge in [-0.3, -0.25) is 4.90 Å². The lowest BCUT2D eigenvalue weighted by Gasteiger charge is -2.34. The van der Waals surface area contributed by atoms with E-state index in [1.807, 2.05) is 0 Å². The van der Waals surface area contributed by atoms with E-state index in [0.29, 0.717) is 0 Å². The van der Waals surface area contributed by atoms with Crippen LogP contribution in [0.5, 0.6) is 0 Å². The first kappa shape index (κ1) is 9.01. The van der Waals surface area contributed by atoms with E-state index in [1.54, 1.807) is 0 Å². The van der Waals surface area contributed by atoms with Gasteiger partial charge in [0.2, 0.25) is 0 Å². The first-order valence-electron chi connectivity index (χ1n) is 4.60. The van der Waals surface area contributed by atoms with Gasteiger partial charge in [-0.1, -0.05) is 6.92 Å². The molecule has 2 heteroatoms. The number of ether oxygens (including phenoxy) is 1. The smallest absolute Gasteiger partial charge is 0.121 e. The molecule has 1 aliphatic heterocycles. The van der Waals surface area contributed by atoms with Crippen LogP contribution in [0.25, 0.3) is 0 Å². The highest BCUT2D eigenvalue weighted by molar-refractivity contribution is 4.84. The largest absolute Gasteiger partial charge is 0.361 e. The van der Waals surface area contributed by atoms with Gasteiger partial charge in [-0.2, -0.15) is 0 Å². The quantitative estimate of drug-likeness (QED) is 0.620. The number of hydrogen-bond donors (Lipinski definition) is 0. The minimum absolute atomic E-state index is 0.0781. The van der Waals surface area contributed by atoms with E-state index in [1.165, 1.54) is 19.4 Å². The van der Waals surface area contributed by atoms with Crippen LogP contribution in [-0.4, -0.2) is 30.8 Å². The Morgan fingerprint density at radius 1 is 1.45 bits per heavy atom. The summed E-state index contributed by atoms with van der Waals surface area (Å²) in [5, 5.41) is 0. The molecule has 0 amide bonds. The lowest BCUT2D eigenvalue weighted by molar-refractivity contribution is -0.124. The van der Waals surface area contributed by atoms with Gasteiger partial charge in [0, 0.05) is 13.2 Å². The van der Waals surface area contributed by atoms with Crippen molar-refractivity contribution in [1.29, 1.82) is 0 Å². The zero-order chi connectivity index (χ0) is 8.32. The highest BCUT2D eigenvalue weighted by Gasteiger charge is 2.37. The minimum Gasteiger partial charge on any atom is -0.361 e. The van der Waals surface area contributed by atoms with Crippen LogP contribution in [0.15, 0.2) is 0 Å². The van der Waals surface area contributed by atoms with Crippen LogP contribution in [0, 0.1) is 0 Å². The summed E-state index contributed by atoms with van der Waals surface area (Å²) in [7, 11) is 2.16. The van der Waals surface area contributed by atoms with E-state index in [-0.39, 0.29) is 5.72 Å². The van der Waals surface area contributed by atoms with Crippen molar-refractivity contribution in [2.45, 2.75) is 38.8 Å². The van der Waals surface area contributed by atoms with Crippen molar-refractivity contribution in [2.75, 3.05) is 20.2 Å². The number of rotatable bonds is 3. The maximum atomic E-state index is 5.78. The first-order valence-corrected chi connectivity index (χ1v) is 4.60. The van der Waals surface area contributed by atoms with Crippen molar-refractivity contribution in [3.63, 3.8) is 0 Å². The Morgan fingerprint density at radius 3 is 2.55 bits per heavy atom. The molecule has 11 heavy (non-hydrogen) atoms. The summed E-state index contributed by atoms with van der Waals surface area (Å²) in [4.78, 5) is 2.34. The zero-order valence-corrected chi connectivity index (χ0v) is 7.89. The molecule has 0 radical (unpaired) electrons. The fourth-order valence-electron chi connectivity index (χ4n) is 1.99. The van der Waals surface area contributed by atoms with E-state index >= 15 is 0 Å². The van der Waals surface area contributed by atoms with Gasteiger partial charge in [0.25, 0.3) is 0 Å².